The molecule has 76 valence electrons. The highest BCUT2D eigenvalue weighted by molar-refractivity contribution is 4.97. The summed E-state index contributed by atoms with van der Waals surface area (Å²) in [6.45, 7) is 2.20. The zero-order valence-corrected chi connectivity index (χ0v) is 8.37. The Hall–Kier alpha value is -0.0800. The minimum absolute atomic E-state index is 0.109. The van der Waals surface area contributed by atoms with Gasteiger partial charge in [0.2, 0.25) is 0 Å². The number of hydrogen-bond donors (Lipinski definition) is 2. The van der Waals surface area contributed by atoms with E-state index in [1.807, 2.05) is 0 Å². The van der Waals surface area contributed by atoms with Crippen molar-refractivity contribution in [3.05, 3.63) is 0 Å². The summed E-state index contributed by atoms with van der Waals surface area (Å²) < 4.78 is 0. The highest BCUT2D eigenvalue weighted by atomic mass is 16.3. The van der Waals surface area contributed by atoms with E-state index in [0.29, 0.717) is 12.3 Å². The fourth-order valence-corrected chi connectivity index (χ4v) is 3.21. The van der Waals surface area contributed by atoms with E-state index in [0.717, 1.165) is 12.8 Å². The molecule has 0 aromatic carbocycles. The van der Waals surface area contributed by atoms with Gasteiger partial charge in [-0.1, -0.05) is 19.8 Å². The standard InChI is InChI=1S/C11H20O2/c1-11-5-3-2-4-8(11)6-9(12)7-10(11)13/h8-10,12-13H,2-7H2,1H3/t8-,9-,10+,11-/m0/s1. The lowest BCUT2D eigenvalue weighted by atomic mass is 9.58. The molecule has 2 heteroatoms. The number of aliphatic hydroxyl groups is 2. The minimum Gasteiger partial charge on any atom is -0.393 e. The molecule has 0 heterocycles. The number of fused-ring (bicyclic) bond motifs is 1. The SMILES string of the molecule is C[C@]12CCCC[C@H]1C[C@H](O)C[C@H]2O. The van der Waals surface area contributed by atoms with Crippen molar-refractivity contribution in [3.8, 4) is 0 Å². The zero-order chi connectivity index (χ0) is 9.47. The fourth-order valence-electron chi connectivity index (χ4n) is 3.21. The smallest absolute Gasteiger partial charge is 0.0621 e. The summed E-state index contributed by atoms with van der Waals surface area (Å²) >= 11 is 0. The summed E-state index contributed by atoms with van der Waals surface area (Å²) in [4.78, 5) is 0. The van der Waals surface area contributed by atoms with Gasteiger partial charge in [-0.2, -0.15) is 0 Å². The lowest BCUT2D eigenvalue weighted by molar-refractivity contribution is -0.105. The molecule has 2 N–H and O–H groups in total. The van der Waals surface area contributed by atoms with Gasteiger partial charge in [-0.15, -0.1) is 0 Å². The van der Waals surface area contributed by atoms with E-state index >= 15 is 0 Å². The molecule has 2 aliphatic rings. The predicted octanol–water partition coefficient (Wildman–Crippen LogP) is 1.70. The maximum Gasteiger partial charge on any atom is 0.0621 e. The second kappa shape index (κ2) is 3.25. The van der Waals surface area contributed by atoms with Crippen LogP contribution in [0.1, 0.15) is 45.4 Å². The zero-order valence-electron chi connectivity index (χ0n) is 8.37. The van der Waals surface area contributed by atoms with Gasteiger partial charge in [-0.05, 0) is 37.0 Å². The number of hydrogen-bond acceptors (Lipinski definition) is 2. The molecule has 2 fully saturated rings. The van der Waals surface area contributed by atoms with E-state index in [1.54, 1.807) is 0 Å². The molecule has 2 saturated carbocycles. The molecule has 2 aliphatic carbocycles. The van der Waals surface area contributed by atoms with Crippen LogP contribution in [-0.2, 0) is 0 Å². The summed E-state index contributed by atoms with van der Waals surface area (Å²) in [7, 11) is 0. The molecule has 4 atom stereocenters. The maximum atomic E-state index is 9.97. The molecule has 0 amide bonds. The van der Waals surface area contributed by atoms with Crippen molar-refractivity contribution in [1.82, 2.24) is 0 Å². The van der Waals surface area contributed by atoms with Gasteiger partial charge in [0, 0.05) is 0 Å². The lowest BCUT2D eigenvalue weighted by Gasteiger charge is -2.49. The Labute approximate surface area is 80.0 Å². The van der Waals surface area contributed by atoms with E-state index in [-0.39, 0.29) is 17.6 Å². The van der Waals surface area contributed by atoms with E-state index in [9.17, 15) is 10.2 Å². The van der Waals surface area contributed by atoms with E-state index < -0.39 is 0 Å². The van der Waals surface area contributed by atoms with Gasteiger partial charge in [-0.25, -0.2) is 0 Å². The third-order valence-corrected chi connectivity index (χ3v) is 4.26. The van der Waals surface area contributed by atoms with E-state index in [2.05, 4.69) is 6.92 Å². The van der Waals surface area contributed by atoms with Crippen LogP contribution in [0.25, 0.3) is 0 Å². The molecule has 13 heavy (non-hydrogen) atoms. The third-order valence-electron chi connectivity index (χ3n) is 4.26. The van der Waals surface area contributed by atoms with Crippen molar-refractivity contribution in [2.75, 3.05) is 0 Å². The normalized spacial score (nSPS) is 51.5. The molecular formula is C11H20O2. The highest BCUT2D eigenvalue weighted by Crippen LogP contribution is 2.50. The lowest BCUT2D eigenvalue weighted by Crippen LogP contribution is -2.48. The quantitative estimate of drug-likeness (QED) is 0.601. The van der Waals surface area contributed by atoms with Crippen LogP contribution in [0.15, 0.2) is 0 Å². The largest absolute Gasteiger partial charge is 0.393 e. The van der Waals surface area contributed by atoms with Gasteiger partial charge in [0.15, 0.2) is 0 Å². The fraction of sp³-hybridized carbons (Fsp3) is 1.00. The Kier molecular flexibility index (Phi) is 2.37. The van der Waals surface area contributed by atoms with Crippen molar-refractivity contribution in [1.29, 1.82) is 0 Å². The minimum atomic E-state index is -0.276. The second-order valence-corrected chi connectivity index (χ2v) is 5.09. The molecule has 2 rings (SSSR count). The Balaban J connectivity index is 2.15. The van der Waals surface area contributed by atoms with Gasteiger partial charge < -0.3 is 10.2 Å². The summed E-state index contributed by atoms with van der Waals surface area (Å²) in [5.74, 6) is 0.556. The van der Waals surface area contributed by atoms with E-state index in [4.69, 9.17) is 0 Å². The van der Waals surface area contributed by atoms with Gasteiger partial charge in [0.05, 0.1) is 12.2 Å². The van der Waals surface area contributed by atoms with Crippen LogP contribution < -0.4 is 0 Å². The molecule has 0 spiro atoms. The summed E-state index contributed by atoms with van der Waals surface area (Å²) in [6.07, 6.45) is 5.84. The molecule has 0 saturated heterocycles. The van der Waals surface area contributed by atoms with Crippen LogP contribution >= 0.6 is 0 Å². The third kappa shape index (κ3) is 1.50. The number of aliphatic hydroxyl groups excluding tert-OH is 2. The van der Waals surface area contributed by atoms with Crippen molar-refractivity contribution in [2.45, 2.75) is 57.7 Å². The molecular weight excluding hydrogens is 164 g/mol. The molecule has 0 aromatic heterocycles. The Bertz CT molecular complexity index is 193. The summed E-state index contributed by atoms with van der Waals surface area (Å²) in [5.41, 5.74) is 0.109. The average Bonchev–Trinajstić information content (AvgIpc) is 2.07. The first-order valence-electron chi connectivity index (χ1n) is 5.49. The monoisotopic (exact) mass is 184 g/mol. The highest BCUT2D eigenvalue weighted by Gasteiger charge is 2.46. The van der Waals surface area contributed by atoms with Crippen LogP contribution in [0.4, 0.5) is 0 Å². The van der Waals surface area contributed by atoms with Gasteiger partial charge in [0.1, 0.15) is 0 Å². The first-order chi connectivity index (χ1) is 6.13. The molecule has 2 nitrogen and oxygen atoms in total. The first-order valence-corrected chi connectivity index (χ1v) is 5.49. The topological polar surface area (TPSA) is 40.5 Å². The second-order valence-electron chi connectivity index (χ2n) is 5.09. The van der Waals surface area contributed by atoms with Crippen molar-refractivity contribution in [3.63, 3.8) is 0 Å². The summed E-state index contributed by atoms with van der Waals surface area (Å²) in [5, 5.41) is 19.5. The van der Waals surface area contributed by atoms with Crippen molar-refractivity contribution in [2.24, 2.45) is 11.3 Å². The molecule has 0 radical (unpaired) electrons. The molecule has 0 aliphatic heterocycles. The van der Waals surface area contributed by atoms with Crippen molar-refractivity contribution < 1.29 is 10.2 Å². The van der Waals surface area contributed by atoms with Gasteiger partial charge in [0.25, 0.3) is 0 Å². The van der Waals surface area contributed by atoms with Crippen LogP contribution in [0.5, 0.6) is 0 Å². The Morgan fingerprint density at radius 1 is 1.15 bits per heavy atom. The summed E-state index contributed by atoms with van der Waals surface area (Å²) in [6, 6.07) is 0. The average molecular weight is 184 g/mol. The predicted molar refractivity (Wildman–Crippen MR) is 51.3 cm³/mol. The number of rotatable bonds is 0. The molecule has 0 aromatic rings. The van der Waals surface area contributed by atoms with Crippen molar-refractivity contribution >= 4 is 0 Å². The van der Waals surface area contributed by atoms with Gasteiger partial charge >= 0.3 is 0 Å². The maximum absolute atomic E-state index is 9.97. The van der Waals surface area contributed by atoms with Crippen LogP contribution in [0.2, 0.25) is 0 Å². The van der Waals surface area contributed by atoms with Crippen LogP contribution in [0, 0.1) is 11.3 Å². The van der Waals surface area contributed by atoms with Crippen LogP contribution in [0.3, 0.4) is 0 Å². The van der Waals surface area contributed by atoms with Gasteiger partial charge in [-0.3, -0.25) is 0 Å². The first kappa shape index (κ1) is 9.47. The Morgan fingerprint density at radius 2 is 1.92 bits per heavy atom. The van der Waals surface area contributed by atoms with E-state index in [1.165, 1.54) is 19.3 Å². The molecule has 0 bridgehead atoms. The molecule has 0 unspecified atom stereocenters. The van der Waals surface area contributed by atoms with Crippen LogP contribution in [-0.4, -0.2) is 22.4 Å². The Morgan fingerprint density at radius 3 is 2.69 bits per heavy atom.